The summed E-state index contributed by atoms with van der Waals surface area (Å²) in [5.41, 5.74) is 0.392. The number of carboxylic acids is 1. The van der Waals surface area contributed by atoms with E-state index in [4.69, 9.17) is 21.4 Å². The fraction of sp³-hybridized carbons (Fsp3) is 0.182. The normalized spacial score (nSPS) is 12.7. The van der Waals surface area contributed by atoms with E-state index in [0.29, 0.717) is 16.9 Å². The van der Waals surface area contributed by atoms with Gasteiger partial charge >= 0.3 is 5.97 Å². The van der Waals surface area contributed by atoms with Gasteiger partial charge in [0.2, 0.25) is 0 Å². The Morgan fingerprint density at radius 3 is 2.88 bits per heavy atom. The van der Waals surface area contributed by atoms with Gasteiger partial charge in [-0.05, 0) is 31.2 Å². The predicted molar refractivity (Wildman–Crippen MR) is 59.3 cm³/mol. The number of carboxylic acid groups (broad SMARTS) is 1. The standard InChI is InChI=1S/C11H10ClFO3/c1-7(11(14)15)16-10-3-2-9(12)6-8(10)4-5-13/h2-7H,1H3,(H,14,15)/b5-4+. The van der Waals surface area contributed by atoms with E-state index in [2.05, 4.69) is 0 Å². The fourth-order valence-electron chi connectivity index (χ4n) is 1.07. The molecular formula is C11H10ClFO3. The monoisotopic (exact) mass is 244 g/mol. The van der Waals surface area contributed by atoms with Gasteiger partial charge in [0, 0.05) is 10.6 Å². The summed E-state index contributed by atoms with van der Waals surface area (Å²) < 4.78 is 17.2. The SMILES string of the molecule is CC(Oc1ccc(Cl)cc1/C=C/F)C(=O)O. The topological polar surface area (TPSA) is 46.5 Å². The number of carbonyl (C=O) groups is 1. The predicted octanol–water partition coefficient (Wildman–Crippen LogP) is 3.13. The van der Waals surface area contributed by atoms with E-state index in [1.54, 1.807) is 6.07 Å². The molecular weight excluding hydrogens is 235 g/mol. The number of hydrogen-bond donors (Lipinski definition) is 1. The maximum Gasteiger partial charge on any atom is 0.344 e. The van der Waals surface area contributed by atoms with E-state index in [0.717, 1.165) is 6.08 Å². The first-order valence-corrected chi connectivity index (χ1v) is 4.88. The summed E-state index contributed by atoms with van der Waals surface area (Å²) in [4.78, 5) is 10.6. The smallest absolute Gasteiger partial charge is 0.344 e. The van der Waals surface area contributed by atoms with Crippen molar-refractivity contribution in [1.82, 2.24) is 0 Å². The lowest BCUT2D eigenvalue weighted by atomic mass is 10.2. The minimum Gasteiger partial charge on any atom is -0.479 e. The van der Waals surface area contributed by atoms with Crippen LogP contribution in [-0.4, -0.2) is 17.2 Å². The van der Waals surface area contributed by atoms with Crippen LogP contribution in [0.4, 0.5) is 4.39 Å². The first-order valence-electron chi connectivity index (χ1n) is 4.50. The van der Waals surface area contributed by atoms with Crippen molar-refractivity contribution in [3.05, 3.63) is 35.1 Å². The lowest BCUT2D eigenvalue weighted by Gasteiger charge is -2.12. The van der Waals surface area contributed by atoms with Crippen LogP contribution in [0.2, 0.25) is 5.02 Å². The zero-order valence-electron chi connectivity index (χ0n) is 8.48. The molecule has 0 spiro atoms. The summed E-state index contributed by atoms with van der Waals surface area (Å²) in [6.07, 6.45) is 0.479. The van der Waals surface area contributed by atoms with Gasteiger partial charge in [-0.25, -0.2) is 9.18 Å². The Morgan fingerprint density at radius 2 is 2.31 bits per heavy atom. The van der Waals surface area contributed by atoms with Crippen LogP contribution in [0.25, 0.3) is 6.08 Å². The Bertz CT molecular complexity index is 418. The van der Waals surface area contributed by atoms with Gasteiger partial charge in [-0.1, -0.05) is 11.6 Å². The molecule has 1 aromatic carbocycles. The van der Waals surface area contributed by atoms with Gasteiger partial charge in [-0.3, -0.25) is 0 Å². The highest BCUT2D eigenvalue weighted by Gasteiger charge is 2.14. The van der Waals surface area contributed by atoms with Crippen molar-refractivity contribution in [2.45, 2.75) is 13.0 Å². The number of hydrogen-bond acceptors (Lipinski definition) is 2. The maximum absolute atomic E-state index is 12.1. The molecule has 0 saturated heterocycles. The van der Waals surface area contributed by atoms with E-state index in [1.165, 1.54) is 19.1 Å². The second-order valence-electron chi connectivity index (χ2n) is 3.07. The van der Waals surface area contributed by atoms with E-state index in [-0.39, 0.29) is 5.75 Å². The fourth-order valence-corrected chi connectivity index (χ4v) is 1.25. The molecule has 86 valence electrons. The van der Waals surface area contributed by atoms with Crippen molar-refractivity contribution in [3.63, 3.8) is 0 Å². The number of ether oxygens (including phenoxy) is 1. The molecule has 16 heavy (non-hydrogen) atoms. The van der Waals surface area contributed by atoms with Crippen LogP contribution in [0, 0.1) is 0 Å². The van der Waals surface area contributed by atoms with E-state index in [1.807, 2.05) is 0 Å². The van der Waals surface area contributed by atoms with Crippen molar-refractivity contribution >= 4 is 23.6 Å². The molecule has 0 heterocycles. The number of benzene rings is 1. The number of halogens is 2. The molecule has 5 heteroatoms. The molecule has 1 aromatic rings. The van der Waals surface area contributed by atoms with Gasteiger partial charge in [0.05, 0.1) is 6.33 Å². The largest absolute Gasteiger partial charge is 0.479 e. The first-order chi connectivity index (χ1) is 7.54. The molecule has 1 rings (SSSR count). The second kappa shape index (κ2) is 5.51. The van der Waals surface area contributed by atoms with Crippen LogP contribution in [0.5, 0.6) is 5.75 Å². The summed E-state index contributed by atoms with van der Waals surface area (Å²) in [5, 5.41) is 9.10. The minimum absolute atomic E-state index is 0.271. The van der Waals surface area contributed by atoms with Crippen molar-refractivity contribution in [1.29, 1.82) is 0 Å². The average Bonchev–Trinajstić information content (AvgIpc) is 2.22. The number of rotatable bonds is 4. The van der Waals surface area contributed by atoms with E-state index in [9.17, 15) is 9.18 Å². The van der Waals surface area contributed by atoms with Gasteiger partial charge in [-0.15, -0.1) is 0 Å². The summed E-state index contributed by atoms with van der Waals surface area (Å²) in [6.45, 7) is 1.39. The summed E-state index contributed by atoms with van der Waals surface area (Å²) in [7, 11) is 0. The highest BCUT2D eigenvalue weighted by Crippen LogP contribution is 2.25. The quantitative estimate of drug-likeness (QED) is 0.885. The molecule has 0 aromatic heterocycles. The van der Waals surface area contributed by atoms with Gasteiger partial charge in [0.25, 0.3) is 0 Å². The first kappa shape index (κ1) is 12.5. The molecule has 3 nitrogen and oxygen atoms in total. The summed E-state index contributed by atoms with van der Waals surface area (Å²) in [5.74, 6) is -0.821. The van der Waals surface area contributed by atoms with Crippen LogP contribution in [0.1, 0.15) is 12.5 Å². The van der Waals surface area contributed by atoms with Gasteiger partial charge < -0.3 is 9.84 Å². The van der Waals surface area contributed by atoms with Crippen molar-refractivity contribution in [3.8, 4) is 5.75 Å². The molecule has 1 N–H and O–H groups in total. The Kier molecular flexibility index (Phi) is 4.31. The molecule has 0 amide bonds. The molecule has 0 bridgehead atoms. The maximum atomic E-state index is 12.1. The lowest BCUT2D eigenvalue weighted by molar-refractivity contribution is -0.144. The molecule has 1 atom stereocenters. The Hall–Kier alpha value is -1.55. The minimum atomic E-state index is -1.09. The van der Waals surface area contributed by atoms with Crippen LogP contribution < -0.4 is 4.74 Å². The second-order valence-corrected chi connectivity index (χ2v) is 3.51. The van der Waals surface area contributed by atoms with Crippen molar-refractivity contribution in [2.75, 3.05) is 0 Å². The highest BCUT2D eigenvalue weighted by atomic mass is 35.5. The van der Waals surface area contributed by atoms with Crippen LogP contribution in [0.3, 0.4) is 0 Å². The third-order valence-corrected chi connectivity index (χ3v) is 2.10. The average molecular weight is 245 g/mol. The molecule has 0 fully saturated rings. The molecule has 1 unspecified atom stereocenters. The van der Waals surface area contributed by atoms with E-state index < -0.39 is 12.1 Å². The van der Waals surface area contributed by atoms with Crippen molar-refractivity contribution in [2.24, 2.45) is 0 Å². The number of aliphatic carboxylic acids is 1. The summed E-state index contributed by atoms with van der Waals surface area (Å²) in [6, 6.07) is 4.53. The van der Waals surface area contributed by atoms with E-state index >= 15 is 0 Å². The third kappa shape index (κ3) is 3.24. The molecule has 0 aliphatic heterocycles. The van der Waals surface area contributed by atoms with Crippen molar-refractivity contribution < 1.29 is 19.0 Å². The van der Waals surface area contributed by atoms with Gasteiger partial charge in [-0.2, -0.15) is 0 Å². The lowest BCUT2D eigenvalue weighted by Crippen LogP contribution is -2.23. The van der Waals surface area contributed by atoms with Gasteiger partial charge in [0.15, 0.2) is 6.10 Å². The zero-order valence-corrected chi connectivity index (χ0v) is 9.24. The molecule has 0 aliphatic rings. The van der Waals surface area contributed by atoms with Gasteiger partial charge in [0.1, 0.15) is 5.75 Å². The third-order valence-electron chi connectivity index (χ3n) is 1.87. The summed E-state index contributed by atoms with van der Waals surface area (Å²) >= 11 is 5.72. The Labute approximate surface area is 97.1 Å². The molecule has 0 radical (unpaired) electrons. The van der Waals surface area contributed by atoms with Crippen LogP contribution >= 0.6 is 11.6 Å². The molecule has 0 aliphatic carbocycles. The van der Waals surface area contributed by atoms with Crippen LogP contribution in [-0.2, 0) is 4.79 Å². The Balaban J connectivity index is 2.99. The Morgan fingerprint density at radius 1 is 1.62 bits per heavy atom. The molecule has 0 saturated carbocycles. The van der Waals surface area contributed by atoms with Crippen LogP contribution in [0.15, 0.2) is 24.5 Å². The highest BCUT2D eigenvalue weighted by molar-refractivity contribution is 6.30. The zero-order chi connectivity index (χ0) is 12.1.